The highest BCUT2D eigenvalue weighted by Crippen LogP contribution is 2.35. The molecule has 1 amide bonds. The quantitative estimate of drug-likeness (QED) is 0.531. The number of nitrogens with zero attached hydrogens (tertiary/aromatic N) is 3. The van der Waals surface area contributed by atoms with Gasteiger partial charge in [-0.15, -0.1) is 12.6 Å². The van der Waals surface area contributed by atoms with E-state index in [0.717, 1.165) is 18.3 Å². The van der Waals surface area contributed by atoms with Gasteiger partial charge < -0.3 is 10.8 Å². The third-order valence-corrected chi connectivity index (χ3v) is 4.53. The lowest BCUT2D eigenvalue weighted by molar-refractivity contribution is -0.141. The van der Waals surface area contributed by atoms with E-state index in [0.29, 0.717) is 5.69 Å². The van der Waals surface area contributed by atoms with Gasteiger partial charge in [-0.05, 0) is 36.4 Å². The van der Waals surface area contributed by atoms with Gasteiger partial charge in [0.05, 0.1) is 29.7 Å². The summed E-state index contributed by atoms with van der Waals surface area (Å²) >= 11 is 4.33. The molecule has 1 aromatic carbocycles. The van der Waals surface area contributed by atoms with E-state index >= 15 is 0 Å². The lowest BCUT2D eigenvalue weighted by atomic mass is 10.1. The largest absolute Gasteiger partial charge is 0.510 e. The van der Waals surface area contributed by atoms with Crippen LogP contribution in [0.3, 0.4) is 0 Å². The van der Waals surface area contributed by atoms with Gasteiger partial charge in [0.15, 0.2) is 0 Å². The molecule has 11 heteroatoms. The minimum absolute atomic E-state index is 0.177. The predicted molar refractivity (Wildman–Crippen MR) is 97.1 cm³/mol. The van der Waals surface area contributed by atoms with Crippen molar-refractivity contribution in [2.24, 2.45) is 5.73 Å². The fourth-order valence-corrected chi connectivity index (χ4v) is 3.31. The van der Waals surface area contributed by atoms with Crippen molar-refractivity contribution < 1.29 is 27.5 Å². The maximum atomic E-state index is 13.3. The Morgan fingerprint density at radius 3 is 2.29 bits per heavy atom. The summed E-state index contributed by atoms with van der Waals surface area (Å²) in [5.74, 6) is -1.80. The van der Waals surface area contributed by atoms with Crippen LogP contribution < -0.4 is 15.8 Å². The van der Waals surface area contributed by atoms with E-state index in [1.807, 2.05) is 0 Å². The Kier molecular flexibility index (Phi) is 5.11. The Hall–Kier alpha value is -2.95. The minimum atomic E-state index is -4.61. The van der Waals surface area contributed by atoms with Gasteiger partial charge in [-0.3, -0.25) is 14.8 Å². The summed E-state index contributed by atoms with van der Waals surface area (Å²) in [5, 5.41) is 11.9. The summed E-state index contributed by atoms with van der Waals surface area (Å²) in [5.41, 5.74) is 4.61. The molecule has 1 aliphatic rings. The smallest absolute Gasteiger partial charge is 0.433 e. The van der Waals surface area contributed by atoms with Crippen molar-refractivity contribution in [2.45, 2.75) is 11.6 Å². The van der Waals surface area contributed by atoms with Crippen LogP contribution in [0.1, 0.15) is 5.69 Å². The normalized spacial score (nSPS) is 17.8. The molecule has 1 atom stereocenters. The molecule has 0 aliphatic carbocycles. The molecular formula is C17H14F4N4O2S. The van der Waals surface area contributed by atoms with Crippen molar-refractivity contribution in [1.29, 1.82) is 0 Å². The van der Waals surface area contributed by atoms with Crippen LogP contribution in [0, 0.1) is 5.82 Å². The summed E-state index contributed by atoms with van der Waals surface area (Å²) in [4.78, 5) is 15.1. The molecule has 0 saturated heterocycles. The Morgan fingerprint density at radius 2 is 1.79 bits per heavy atom. The van der Waals surface area contributed by atoms with Gasteiger partial charge >= 0.3 is 6.18 Å². The zero-order valence-corrected chi connectivity index (χ0v) is 15.0. The Bertz CT molecular complexity index is 916. The average molecular weight is 414 g/mol. The van der Waals surface area contributed by atoms with Crippen molar-refractivity contribution in [3.05, 3.63) is 65.4 Å². The van der Waals surface area contributed by atoms with E-state index in [1.165, 1.54) is 34.3 Å². The topological polar surface area (TPSA) is 82.7 Å². The first-order valence-electron chi connectivity index (χ1n) is 7.85. The number of anilines is 2. The van der Waals surface area contributed by atoms with Crippen LogP contribution in [-0.4, -0.2) is 27.9 Å². The van der Waals surface area contributed by atoms with Crippen molar-refractivity contribution in [2.75, 3.05) is 16.6 Å². The van der Waals surface area contributed by atoms with Crippen LogP contribution >= 0.6 is 12.6 Å². The number of primary amides is 1. The molecule has 28 heavy (non-hydrogen) atoms. The molecule has 0 bridgehead atoms. The number of carbonyl (C=O) groups excluding carboxylic acids is 1. The number of alkyl halides is 3. The summed E-state index contributed by atoms with van der Waals surface area (Å²) < 4.78 is 51.6. The second-order valence-electron chi connectivity index (χ2n) is 5.88. The van der Waals surface area contributed by atoms with Crippen LogP contribution in [0.2, 0.25) is 0 Å². The number of hydrogen-bond acceptors (Lipinski definition) is 6. The summed E-state index contributed by atoms with van der Waals surface area (Å²) in [6.45, 7) is -0.278. The highest BCUT2D eigenvalue weighted by Gasteiger charge is 2.37. The molecule has 0 fully saturated rings. The number of carbonyl (C=O) groups is 1. The number of rotatable bonds is 3. The number of aromatic nitrogens is 1. The number of aliphatic hydroxyl groups excluding tert-OH is 1. The lowest BCUT2D eigenvalue weighted by Crippen LogP contribution is -2.54. The van der Waals surface area contributed by atoms with E-state index < -0.39 is 29.0 Å². The summed E-state index contributed by atoms with van der Waals surface area (Å²) in [6, 6.07) is 7.07. The van der Waals surface area contributed by atoms with Crippen LogP contribution in [0.5, 0.6) is 0 Å². The van der Waals surface area contributed by atoms with Gasteiger partial charge in [0.25, 0.3) is 5.91 Å². The van der Waals surface area contributed by atoms with Crippen LogP contribution in [0.15, 0.2) is 53.9 Å². The number of pyridine rings is 1. The summed E-state index contributed by atoms with van der Waals surface area (Å²) in [6.07, 6.45) is -3.63. The molecule has 0 radical (unpaired) electrons. The maximum absolute atomic E-state index is 13.3. The average Bonchev–Trinajstić information content (AvgIpc) is 2.61. The minimum Gasteiger partial charge on any atom is -0.510 e. The fourth-order valence-electron chi connectivity index (χ4n) is 2.77. The molecular weight excluding hydrogens is 400 g/mol. The molecule has 0 saturated carbocycles. The number of hydrazine groups is 1. The maximum Gasteiger partial charge on any atom is 0.433 e. The number of benzene rings is 1. The van der Waals surface area contributed by atoms with E-state index in [2.05, 4.69) is 17.6 Å². The number of thiol groups is 1. The molecule has 0 spiro atoms. The molecule has 1 aromatic heterocycles. The van der Waals surface area contributed by atoms with Crippen LogP contribution in [0.4, 0.5) is 28.9 Å². The van der Waals surface area contributed by atoms with E-state index in [-0.39, 0.29) is 23.6 Å². The second-order valence-corrected chi connectivity index (χ2v) is 6.37. The van der Waals surface area contributed by atoms with Gasteiger partial charge in [-0.1, -0.05) is 0 Å². The van der Waals surface area contributed by atoms with E-state index in [4.69, 9.17) is 5.73 Å². The lowest BCUT2D eigenvalue weighted by Gasteiger charge is -2.44. The molecule has 1 unspecified atom stereocenters. The Morgan fingerprint density at radius 1 is 1.18 bits per heavy atom. The SMILES string of the molecule is NC(=O)C1=C(O)CN(c2ccc(C(F)(F)F)nc2)N(c2ccc(F)cc2)C1S. The van der Waals surface area contributed by atoms with Gasteiger partial charge in [0.2, 0.25) is 0 Å². The van der Waals surface area contributed by atoms with Gasteiger partial charge in [0.1, 0.15) is 22.6 Å². The number of nitrogens with two attached hydrogens (primary N) is 1. The first kappa shape index (κ1) is 19.8. The van der Waals surface area contributed by atoms with Crippen molar-refractivity contribution in [1.82, 2.24) is 4.98 Å². The Labute approximate surface area is 162 Å². The number of aliphatic hydroxyl groups is 1. The fraction of sp³-hybridized carbons (Fsp3) is 0.176. The Balaban J connectivity index is 2.08. The zero-order chi connectivity index (χ0) is 20.6. The van der Waals surface area contributed by atoms with Gasteiger partial charge in [0, 0.05) is 0 Å². The number of halogens is 4. The van der Waals surface area contributed by atoms with Crippen molar-refractivity contribution in [3.8, 4) is 0 Å². The van der Waals surface area contributed by atoms with Gasteiger partial charge in [-0.2, -0.15) is 13.2 Å². The highest BCUT2D eigenvalue weighted by molar-refractivity contribution is 7.81. The molecule has 2 aromatic rings. The van der Waals surface area contributed by atoms with Gasteiger partial charge in [-0.25, -0.2) is 9.37 Å². The molecule has 1 aliphatic heterocycles. The van der Waals surface area contributed by atoms with Crippen LogP contribution in [-0.2, 0) is 11.0 Å². The number of hydrogen-bond donors (Lipinski definition) is 3. The standard InChI is InChI=1S/C17H14F4N4O2S/c18-9-1-3-10(4-2-9)25-16(28)14(15(22)27)12(26)8-24(25)11-5-6-13(23-7-11)17(19,20)21/h1-7,16,26,28H,8H2,(H2,22,27). The van der Waals surface area contributed by atoms with E-state index in [1.54, 1.807) is 0 Å². The van der Waals surface area contributed by atoms with Crippen LogP contribution in [0.25, 0.3) is 0 Å². The van der Waals surface area contributed by atoms with Crippen molar-refractivity contribution in [3.63, 3.8) is 0 Å². The monoisotopic (exact) mass is 414 g/mol. The highest BCUT2D eigenvalue weighted by atomic mass is 32.1. The second kappa shape index (κ2) is 7.23. The first-order valence-corrected chi connectivity index (χ1v) is 8.36. The third kappa shape index (κ3) is 3.70. The molecule has 3 N–H and O–H groups in total. The molecule has 148 valence electrons. The molecule has 3 rings (SSSR count). The summed E-state index contributed by atoms with van der Waals surface area (Å²) in [7, 11) is 0. The van der Waals surface area contributed by atoms with Crippen molar-refractivity contribution >= 4 is 29.9 Å². The third-order valence-electron chi connectivity index (χ3n) is 4.05. The first-order chi connectivity index (χ1) is 13.1. The molecule has 6 nitrogen and oxygen atoms in total. The molecule has 2 heterocycles. The van der Waals surface area contributed by atoms with E-state index in [9.17, 15) is 27.5 Å². The number of amides is 1. The predicted octanol–water partition coefficient (Wildman–Crippen LogP) is 3.03. The zero-order valence-electron chi connectivity index (χ0n) is 14.1.